The number of rotatable bonds is 3. The van der Waals surface area contributed by atoms with Crippen molar-refractivity contribution in [2.45, 2.75) is 23.9 Å². The summed E-state index contributed by atoms with van der Waals surface area (Å²) < 4.78 is 71.7. The van der Waals surface area contributed by atoms with Crippen LogP contribution >= 0.6 is 11.6 Å². The summed E-state index contributed by atoms with van der Waals surface area (Å²) in [5.41, 5.74) is 0.140. The number of ether oxygens (including phenoxy) is 1. The van der Waals surface area contributed by atoms with Gasteiger partial charge in [-0.3, -0.25) is 4.79 Å². The summed E-state index contributed by atoms with van der Waals surface area (Å²) >= 11 is 6.16. The molecule has 2 aromatic rings. The number of morpholine rings is 1. The number of amides is 1. The molecule has 0 aromatic heterocycles. The molecule has 0 saturated carbocycles. The van der Waals surface area contributed by atoms with Gasteiger partial charge in [0.05, 0.1) is 23.8 Å². The molecule has 0 bridgehead atoms. The summed E-state index contributed by atoms with van der Waals surface area (Å²) in [7, 11) is -3.94. The van der Waals surface area contributed by atoms with Crippen LogP contribution in [0.3, 0.4) is 0 Å². The van der Waals surface area contributed by atoms with Crippen LogP contribution in [0.25, 0.3) is 0 Å². The van der Waals surface area contributed by atoms with Gasteiger partial charge in [0, 0.05) is 30.9 Å². The summed E-state index contributed by atoms with van der Waals surface area (Å²) in [5, 5.41) is -0.0121. The zero-order valence-electron chi connectivity index (χ0n) is 16.9. The lowest BCUT2D eigenvalue weighted by atomic mass is 9.98. The van der Waals surface area contributed by atoms with Crippen LogP contribution in [0.15, 0.2) is 41.3 Å². The second kappa shape index (κ2) is 8.66. The fourth-order valence-corrected chi connectivity index (χ4v) is 5.81. The van der Waals surface area contributed by atoms with E-state index in [9.17, 15) is 26.4 Å². The lowest BCUT2D eigenvalue weighted by molar-refractivity contribution is -0.137. The number of nitrogens with zero attached hydrogens (tertiary/aromatic N) is 2. The largest absolute Gasteiger partial charge is 0.416 e. The van der Waals surface area contributed by atoms with Crippen molar-refractivity contribution in [2.24, 2.45) is 0 Å². The molecule has 0 atom stereocenters. The molecule has 2 aliphatic heterocycles. The molecule has 0 spiro atoms. The summed E-state index contributed by atoms with van der Waals surface area (Å²) in [6.45, 7) is 1.20. The summed E-state index contributed by atoms with van der Waals surface area (Å²) in [6.07, 6.45) is -3.56. The molecule has 6 nitrogen and oxygen atoms in total. The van der Waals surface area contributed by atoms with Crippen LogP contribution in [0.2, 0.25) is 5.02 Å². The van der Waals surface area contributed by atoms with Gasteiger partial charge in [0.25, 0.3) is 5.91 Å². The number of hydrogen-bond donors (Lipinski definition) is 0. The van der Waals surface area contributed by atoms with Gasteiger partial charge in [0.2, 0.25) is 10.0 Å². The lowest BCUT2D eigenvalue weighted by Crippen LogP contribution is -2.41. The molecule has 1 fully saturated rings. The number of alkyl halides is 3. The van der Waals surface area contributed by atoms with Crippen LogP contribution in [0.4, 0.5) is 18.9 Å². The highest BCUT2D eigenvalue weighted by Crippen LogP contribution is 2.36. The Labute approximate surface area is 188 Å². The van der Waals surface area contributed by atoms with Crippen molar-refractivity contribution < 1.29 is 31.1 Å². The first-order chi connectivity index (χ1) is 15.1. The predicted octanol–water partition coefficient (Wildman–Crippen LogP) is 3.97. The van der Waals surface area contributed by atoms with Gasteiger partial charge >= 0.3 is 6.18 Å². The molecule has 2 aromatic carbocycles. The van der Waals surface area contributed by atoms with Crippen LogP contribution in [0.1, 0.15) is 27.9 Å². The fraction of sp³-hybridized carbons (Fsp3) is 0.381. The number of aryl methyl sites for hydroxylation is 1. The Bertz CT molecular complexity index is 1150. The number of sulfonamides is 1. The van der Waals surface area contributed by atoms with Gasteiger partial charge < -0.3 is 9.64 Å². The molecule has 0 radical (unpaired) electrons. The average Bonchev–Trinajstić information content (AvgIpc) is 2.78. The zero-order chi connectivity index (χ0) is 23.1. The van der Waals surface area contributed by atoms with E-state index in [4.69, 9.17) is 16.3 Å². The number of benzene rings is 2. The molecular formula is C21H20ClF3N2O4S. The molecule has 32 heavy (non-hydrogen) atoms. The molecule has 4 rings (SSSR count). The first kappa shape index (κ1) is 23.0. The summed E-state index contributed by atoms with van der Waals surface area (Å²) in [6, 6.07) is 7.29. The highest BCUT2D eigenvalue weighted by Gasteiger charge is 2.34. The van der Waals surface area contributed by atoms with Crippen molar-refractivity contribution in [1.82, 2.24) is 4.31 Å². The smallest absolute Gasteiger partial charge is 0.379 e. The van der Waals surface area contributed by atoms with Crippen molar-refractivity contribution in [3.63, 3.8) is 0 Å². The molecule has 1 saturated heterocycles. The normalized spacial score (nSPS) is 17.8. The fourth-order valence-electron chi connectivity index (χ4n) is 3.90. The Balaban J connectivity index is 1.67. The number of carbonyl (C=O) groups is 1. The SMILES string of the molecule is O=C(c1ccc(Cl)c(S(=O)(=O)N2CCOCC2)c1)N1CCCc2cc(C(F)(F)F)ccc21. The number of carbonyl (C=O) groups excluding carboxylic acids is 1. The van der Waals surface area contributed by atoms with Crippen LogP contribution in [-0.4, -0.2) is 51.5 Å². The Hall–Kier alpha value is -2.14. The maximum absolute atomic E-state index is 13.2. The van der Waals surface area contributed by atoms with Crippen LogP contribution in [0, 0.1) is 0 Å². The number of hydrogen-bond acceptors (Lipinski definition) is 4. The molecule has 0 aliphatic carbocycles. The topological polar surface area (TPSA) is 66.9 Å². The van der Waals surface area contributed by atoms with Gasteiger partial charge in [0.1, 0.15) is 4.90 Å². The van der Waals surface area contributed by atoms with Gasteiger partial charge in [0.15, 0.2) is 0 Å². The summed E-state index contributed by atoms with van der Waals surface area (Å²) in [5.74, 6) is -0.499. The van der Waals surface area contributed by atoms with Crippen molar-refractivity contribution >= 4 is 33.2 Å². The van der Waals surface area contributed by atoms with E-state index < -0.39 is 27.7 Å². The van der Waals surface area contributed by atoms with Crippen molar-refractivity contribution in [2.75, 3.05) is 37.7 Å². The van der Waals surface area contributed by atoms with Gasteiger partial charge in [-0.25, -0.2) is 8.42 Å². The Morgan fingerprint density at radius 2 is 1.75 bits per heavy atom. The average molecular weight is 489 g/mol. The molecule has 172 valence electrons. The van der Waals surface area contributed by atoms with Crippen molar-refractivity contribution in [1.29, 1.82) is 0 Å². The minimum Gasteiger partial charge on any atom is -0.379 e. The highest BCUT2D eigenvalue weighted by atomic mass is 35.5. The Kier molecular flexibility index (Phi) is 6.23. The third kappa shape index (κ3) is 4.36. The standard InChI is InChI=1S/C21H20ClF3N2O4S/c22-17-5-3-15(13-19(17)32(29,30)26-8-10-31-11-9-26)20(28)27-7-1-2-14-12-16(21(23,24)25)4-6-18(14)27/h3-6,12-13H,1-2,7-11H2. The maximum Gasteiger partial charge on any atom is 0.416 e. The van der Waals surface area contributed by atoms with Gasteiger partial charge in [-0.15, -0.1) is 0 Å². The highest BCUT2D eigenvalue weighted by molar-refractivity contribution is 7.89. The Morgan fingerprint density at radius 3 is 2.44 bits per heavy atom. The van der Waals surface area contributed by atoms with Gasteiger partial charge in [-0.1, -0.05) is 11.6 Å². The van der Waals surface area contributed by atoms with E-state index >= 15 is 0 Å². The molecule has 0 unspecified atom stereocenters. The molecule has 2 heterocycles. The molecular weight excluding hydrogens is 469 g/mol. The first-order valence-corrected chi connectivity index (χ1v) is 11.8. The minimum atomic E-state index is -4.47. The van der Waals surface area contributed by atoms with E-state index in [0.717, 1.165) is 12.1 Å². The zero-order valence-corrected chi connectivity index (χ0v) is 18.4. The van der Waals surface area contributed by atoms with E-state index in [0.29, 0.717) is 30.6 Å². The second-order valence-electron chi connectivity index (χ2n) is 7.56. The molecule has 1 amide bonds. The van der Waals surface area contributed by atoms with Gasteiger partial charge in [-0.2, -0.15) is 17.5 Å². The minimum absolute atomic E-state index is 0.0121. The van der Waals surface area contributed by atoms with E-state index in [-0.39, 0.29) is 41.8 Å². The maximum atomic E-state index is 13.2. The third-order valence-electron chi connectivity index (χ3n) is 5.54. The lowest BCUT2D eigenvalue weighted by Gasteiger charge is -2.30. The first-order valence-electron chi connectivity index (χ1n) is 9.98. The van der Waals surface area contributed by atoms with Crippen molar-refractivity contribution in [3.8, 4) is 0 Å². The monoisotopic (exact) mass is 488 g/mol. The van der Waals surface area contributed by atoms with Crippen LogP contribution < -0.4 is 4.90 Å². The summed E-state index contributed by atoms with van der Waals surface area (Å²) in [4.78, 5) is 14.4. The van der Waals surface area contributed by atoms with E-state index in [1.165, 1.54) is 33.5 Å². The second-order valence-corrected chi connectivity index (χ2v) is 9.88. The van der Waals surface area contributed by atoms with E-state index in [1.807, 2.05) is 0 Å². The Morgan fingerprint density at radius 1 is 1.03 bits per heavy atom. The molecule has 0 N–H and O–H groups in total. The van der Waals surface area contributed by atoms with Crippen LogP contribution in [0.5, 0.6) is 0 Å². The van der Waals surface area contributed by atoms with E-state index in [1.54, 1.807) is 0 Å². The number of halogens is 4. The van der Waals surface area contributed by atoms with Gasteiger partial charge in [-0.05, 0) is 54.8 Å². The number of anilines is 1. The quantitative estimate of drug-likeness (QED) is 0.655. The van der Waals surface area contributed by atoms with E-state index in [2.05, 4.69) is 0 Å². The van der Waals surface area contributed by atoms with Crippen LogP contribution in [-0.2, 0) is 27.4 Å². The van der Waals surface area contributed by atoms with Crippen molar-refractivity contribution in [3.05, 3.63) is 58.1 Å². The third-order valence-corrected chi connectivity index (χ3v) is 7.92. The molecule has 2 aliphatic rings. The predicted molar refractivity (Wildman–Crippen MR) is 112 cm³/mol. The molecule has 11 heteroatoms. The number of fused-ring (bicyclic) bond motifs is 1.